The zero-order chi connectivity index (χ0) is 18.1. The van der Waals surface area contributed by atoms with Crippen LogP contribution in [0.15, 0.2) is 23.6 Å². The van der Waals surface area contributed by atoms with Crippen molar-refractivity contribution in [2.24, 2.45) is 0 Å². The lowest BCUT2D eigenvalue weighted by molar-refractivity contribution is 0.122. The van der Waals surface area contributed by atoms with Crippen molar-refractivity contribution < 1.29 is 9.47 Å². The van der Waals surface area contributed by atoms with Gasteiger partial charge in [-0.25, -0.2) is 4.98 Å². The summed E-state index contributed by atoms with van der Waals surface area (Å²) in [6.07, 6.45) is 0. The summed E-state index contributed by atoms with van der Waals surface area (Å²) in [6.45, 7) is 3.28. The van der Waals surface area contributed by atoms with Crippen molar-refractivity contribution in [1.29, 1.82) is 0 Å². The molecule has 1 aromatic carbocycles. The minimum atomic E-state index is 0.227. The molecule has 0 unspecified atom stereocenters. The molecule has 0 radical (unpaired) electrons. The van der Waals surface area contributed by atoms with Gasteiger partial charge in [0.25, 0.3) is 0 Å². The first-order chi connectivity index (χ1) is 12.7. The van der Waals surface area contributed by atoms with Gasteiger partial charge in [0.1, 0.15) is 11.6 Å². The minimum absolute atomic E-state index is 0.227. The van der Waals surface area contributed by atoms with Gasteiger partial charge >= 0.3 is 0 Å². The van der Waals surface area contributed by atoms with Crippen molar-refractivity contribution >= 4 is 44.7 Å². The maximum absolute atomic E-state index is 6.11. The molecular weight excluding hydrogens is 372 g/mol. The number of rotatable bonds is 4. The second-order valence-electron chi connectivity index (χ2n) is 5.90. The second-order valence-corrected chi connectivity index (χ2v) is 7.12. The molecule has 3 heterocycles. The van der Waals surface area contributed by atoms with Crippen LogP contribution in [0.1, 0.15) is 0 Å². The Morgan fingerprint density at radius 2 is 2.04 bits per heavy atom. The molecule has 2 aromatic heterocycles. The van der Waals surface area contributed by atoms with Gasteiger partial charge in [-0.3, -0.25) is 0 Å². The van der Waals surface area contributed by atoms with E-state index in [2.05, 4.69) is 43.8 Å². The van der Waals surface area contributed by atoms with Crippen LogP contribution in [0, 0.1) is 0 Å². The molecule has 0 atom stereocenters. The first kappa shape index (κ1) is 17.3. The van der Waals surface area contributed by atoms with Crippen molar-refractivity contribution in [2.45, 2.75) is 0 Å². The standard InChI is InChI=1S/C18H19ClN4O2S/c1-20-17-16-15(21-18(19)22-17)13(10-26-16)12-4-3-11(9-14(12)24-2)23-5-7-25-8-6-23/h3-4,9-10H,5-8H2,1-2H3,(H,20,21,22). The molecule has 1 N–H and O–H groups in total. The average Bonchev–Trinajstić information content (AvgIpc) is 3.11. The Hall–Kier alpha value is -2.09. The van der Waals surface area contributed by atoms with E-state index < -0.39 is 0 Å². The zero-order valence-electron chi connectivity index (χ0n) is 14.6. The van der Waals surface area contributed by atoms with Gasteiger partial charge in [-0.2, -0.15) is 4.98 Å². The van der Waals surface area contributed by atoms with E-state index in [4.69, 9.17) is 21.1 Å². The fourth-order valence-electron chi connectivity index (χ4n) is 3.17. The third kappa shape index (κ3) is 3.06. The van der Waals surface area contributed by atoms with Crippen LogP contribution in [0.3, 0.4) is 0 Å². The third-order valence-corrected chi connectivity index (χ3v) is 5.62. The highest BCUT2D eigenvalue weighted by Crippen LogP contribution is 2.41. The summed E-state index contributed by atoms with van der Waals surface area (Å²) in [7, 11) is 3.52. The zero-order valence-corrected chi connectivity index (χ0v) is 16.2. The molecule has 1 aliphatic rings. The number of nitrogens with zero attached hydrogens (tertiary/aromatic N) is 3. The lowest BCUT2D eigenvalue weighted by Crippen LogP contribution is -2.36. The Morgan fingerprint density at radius 3 is 2.77 bits per heavy atom. The van der Waals surface area contributed by atoms with Crippen molar-refractivity contribution in [3.05, 3.63) is 28.9 Å². The molecule has 136 valence electrons. The summed E-state index contributed by atoms with van der Waals surface area (Å²) < 4.78 is 12.1. The van der Waals surface area contributed by atoms with Crippen LogP contribution in [0.25, 0.3) is 21.3 Å². The first-order valence-corrected chi connectivity index (χ1v) is 9.60. The summed E-state index contributed by atoms with van der Waals surface area (Å²) in [6, 6.07) is 6.28. The van der Waals surface area contributed by atoms with Crippen LogP contribution in [0.2, 0.25) is 5.28 Å². The van der Waals surface area contributed by atoms with Gasteiger partial charge in [0.15, 0.2) is 0 Å². The highest BCUT2D eigenvalue weighted by Gasteiger charge is 2.18. The number of anilines is 2. The molecule has 6 nitrogen and oxygen atoms in total. The third-order valence-electron chi connectivity index (χ3n) is 4.48. The molecule has 1 aliphatic heterocycles. The molecular formula is C18H19ClN4O2S. The number of hydrogen-bond donors (Lipinski definition) is 1. The van der Waals surface area contributed by atoms with E-state index in [1.165, 1.54) is 0 Å². The average molecular weight is 391 g/mol. The topological polar surface area (TPSA) is 59.5 Å². The summed E-state index contributed by atoms with van der Waals surface area (Å²) in [4.78, 5) is 11.0. The van der Waals surface area contributed by atoms with Crippen molar-refractivity contribution in [3.8, 4) is 16.9 Å². The van der Waals surface area contributed by atoms with Gasteiger partial charge in [-0.15, -0.1) is 11.3 Å². The van der Waals surface area contributed by atoms with E-state index in [9.17, 15) is 0 Å². The molecule has 26 heavy (non-hydrogen) atoms. The van der Waals surface area contributed by atoms with Crippen molar-refractivity contribution in [2.75, 3.05) is 50.7 Å². The normalized spacial score (nSPS) is 14.7. The quantitative estimate of drug-likeness (QED) is 0.682. The van der Waals surface area contributed by atoms with E-state index in [1.807, 2.05) is 7.05 Å². The number of halogens is 1. The molecule has 1 fully saturated rings. The monoisotopic (exact) mass is 390 g/mol. The van der Waals surface area contributed by atoms with Crippen LogP contribution < -0.4 is 15.0 Å². The van der Waals surface area contributed by atoms with Crippen LogP contribution >= 0.6 is 22.9 Å². The SMILES string of the molecule is CNc1nc(Cl)nc2c(-c3ccc(N4CCOCC4)cc3OC)csc12. The van der Waals surface area contributed by atoms with Crippen LogP contribution in [-0.4, -0.2) is 50.4 Å². The Labute approximate surface area is 160 Å². The number of nitrogens with one attached hydrogen (secondary N) is 1. The molecule has 1 saturated heterocycles. The minimum Gasteiger partial charge on any atom is -0.496 e. The maximum atomic E-state index is 6.11. The fourth-order valence-corrected chi connectivity index (χ4v) is 4.34. The van der Waals surface area contributed by atoms with Gasteiger partial charge in [0, 0.05) is 48.4 Å². The largest absolute Gasteiger partial charge is 0.496 e. The second kappa shape index (κ2) is 7.26. The smallest absolute Gasteiger partial charge is 0.224 e. The lowest BCUT2D eigenvalue weighted by atomic mass is 10.1. The predicted octanol–water partition coefficient (Wildman–Crippen LogP) is 3.90. The summed E-state index contributed by atoms with van der Waals surface area (Å²) in [5, 5.41) is 5.38. The maximum Gasteiger partial charge on any atom is 0.224 e. The molecule has 0 aliphatic carbocycles. The van der Waals surface area contributed by atoms with E-state index in [0.29, 0.717) is 0 Å². The van der Waals surface area contributed by atoms with Crippen LogP contribution in [0.5, 0.6) is 5.75 Å². The van der Waals surface area contributed by atoms with E-state index in [1.54, 1.807) is 18.4 Å². The van der Waals surface area contributed by atoms with E-state index >= 15 is 0 Å². The van der Waals surface area contributed by atoms with Gasteiger partial charge < -0.3 is 19.7 Å². The number of morpholine rings is 1. The number of fused-ring (bicyclic) bond motifs is 1. The number of thiophene rings is 1. The number of hydrogen-bond acceptors (Lipinski definition) is 7. The Kier molecular flexibility index (Phi) is 4.84. The number of methoxy groups -OCH3 is 1. The molecule has 0 bridgehead atoms. The molecule has 3 aromatic rings. The summed E-state index contributed by atoms with van der Waals surface area (Å²) in [5.41, 5.74) is 3.96. The molecule has 0 spiro atoms. The predicted molar refractivity (Wildman–Crippen MR) is 107 cm³/mol. The van der Waals surface area contributed by atoms with E-state index in [-0.39, 0.29) is 5.28 Å². The van der Waals surface area contributed by atoms with Gasteiger partial charge in [0.2, 0.25) is 5.28 Å². The lowest BCUT2D eigenvalue weighted by Gasteiger charge is -2.29. The molecule has 8 heteroatoms. The number of benzene rings is 1. The van der Waals surface area contributed by atoms with Crippen LogP contribution in [-0.2, 0) is 4.74 Å². The van der Waals surface area contributed by atoms with E-state index in [0.717, 1.165) is 64.9 Å². The van der Waals surface area contributed by atoms with Crippen LogP contribution in [0.4, 0.5) is 11.5 Å². The Morgan fingerprint density at radius 1 is 1.23 bits per heavy atom. The number of aromatic nitrogens is 2. The highest BCUT2D eigenvalue weighted by atomic mass is 35.5. The molecule has 0 amide bonds. The molecule has 4 rings (SSSR count). The fraction of sp³-hybridized carbons (Fsp3) is 0.333. The van der Waals surface area contributed by atoms with Gasteiger partial charge in [-0.05, 0) is 23.7 Å². The summed E-state index contributed by atoms with van der Waals surface area (Å²) in [5.74, 6) is 1.55. The summed E-state index contributed by atoms with van der Waals surface area (Å²) >= 11 is 7.70. The van der Waals surface area contributed by atoms with Gasteiger partial charge in [-0.1, -0.05) is 0 Å². The Balaban J connectivity index is 1.80. The molecule has 0 saturated carbocycles. The number of ether oxygens (including phenoxy) is 2. The van der Waals surface area contributed by atoms with Crippen molar-refractivity contribution in [1.82, 2.24) is 9.97 Å². The first-order valence-electron chi connectivity index (χ1n) is 8.35. The van der Waals surface area contributed by atoms with Gasteiger partial charge in [0.05, 0.1) is 30.5 Å². The Bertz CT molecular complexity index is 940. The highest BCUT2D eigenvalue weighted by molar-refractivity contribution is 7.18. The van der Waals surface area contributed by atoms with Crippen molar-refractivity contribution in [3.63, 3.8) is 0 Å².